The molecule has 0 aromatic heterocycles. The zero-order chi connectivity index (χ0) is 22.0. The zero-order valence-electron chi connectivity index (χ0n) is 18.1. The van der Waals surface area contributed by atoms with E-state index < -0.39 is 0 Å². The molecule has 0 spiro atoms. The summed E-state index contributed by atoms with van der Waals surface area (Å²) in [6.07, 6.45) is 2.40. The highest BCUT2D eigenvalue weighted by Crippen LogP contribution is 2.28. The minimum atomic E-state index is -0.317. The van der Waals surface area contributed by atoms with Gasteiger partial charge in [0.2, 0.25) is 11.8 Å². The maximum atomic E-state index is 13.0. The lowest BCUT2D eigenvalue weighted by atomic mass is 9.98. The number of hydrogen-bond acceptors (Lipinski definition) is 3. The van der Waals surface area contributed by atoms with Crippen molar-refractivity contribution < 1.29 is 14.4 Å². The van der Waals surface area contributed by atoms with Gasteiger partial charge in [-0.15, -0.1) is 0 Å². The Morgan fingerprint density at radius 1 is 1.06 bits per heavy atom. The lowest BCUT2D eigenvalue weighted by Crippen LogP contribution is -2.43. The summed E-state index contributed by atoms with van der Waals surface area (Å²) >= 11 is 0. The Bertz CT molecular complexity index is 986. The Morgan fingerprint density at radius 2 is 1.84 bits per heavy atom. The summed E-state index contributed by atoms with van der Waals surface area (Å²) in [4.78, 5) is 41.9. The van der Waals surface area contributed by atoms with Gasteiger partial charge in [0.1, 0.15) is 0 Å². The van der Waals surface area contributed by atoms with E-state index in [1.807, 2.05) is 42.2 Å². The van der Waals surface area contributed by atoms with Gasteiger partial charge in [-0.1, -0.05) is 30.7 Å². The van der Waals surface area contributed by atoms with E-state index in [1.54, 1.807) is 23.1 Å². The summed E-state index contributed by atoms with van der Waals surface area (Å²) in [6.45, 7) is 6.08. The van der Waals surface area contributed by atoms with Gasteiger partial charge in [-0.2, -0.15) is 0 Å². The SMILES string of the molecule is Cc1ccc(NC(=O)c2cccc(N3CC(C(=O)N4CCCC(C)C4)CC3=O)c2)cc1. The van der Waals surface area contributed by atoms with Gasteiger partial charge in [-0.05, 0) is 56.0 Å². The second-order valence-corrected chi connectivity index (χ2v) is 8.81. The second-order valence-electron chi connectivity index (χ2n) is 8.81. The highest BCUT2D eigenvalue weighted by Gasteiger charge is 2.38. The molecular weight excluding hydrogens is 390 g/mol. The fourth-order valence-electron chi connectivity index (χ4n) is 4.43. The highest BCUT2D eigenvalue weighted by molar-refractivity contribution is 6.06. The molecule has 2 unspecified atom stereocenters. The van der Waals surface area contributed by atoms with Gasteiger partial charge in [-0.3, -0.25) is 14.4 Å². The van der Waals surface area contributed by atoms with Crippen LogP contribution in [-0.4, -0.2) is 42.3 Å². The third-order valence-corrected chi connectivity index (χ3v) is 6.17. The van der Waals surface area contributed by atoms with E-state index in [-0.39, 0.29) is 30.1 Å². The van der Waals surface area contributed by atoms with Gasteiger partial charge in [0, 0.05) is 43.0 Å². The van der Waals surface area contributed by atoms with Crippen molar-refractivity contribution in [1.29, 1.82) is 0 Å². The quantitative estimate of drug-likeness (QED) is 0.818. The van der Waals surface area contributed by atoms with Gasteiger partial charge < -0.3 is 15.1 Å². The van der Waals surface area contributed by atoms with E-state index in [4.69, 9.17) is 0 Å². The first-order valence-corrected chi connectivity index (χ1v) is 11.0. The van der Waals surface area contributed by atoms with Crippen molar-refractivity contribution in [3.8, 4) is 0 Å². The number of rotatable bonds is 4. The number of amides is 3. The maximum Gasteiger partial charge on any atom is 0.255 e. The molecule has 2 atom stereocenters. The third kappa shape index (κ3) is 4.79. The number of benzene rings is 2. The van der Waals surface area contributed by atoms with Gasteiger partial charge in [0.15, 0.2) is 0 Å². The Morgan fingerprint density at radius 3 is 2.58 bits per heavy atom. The Hall–Kier alpha value is -3.15. The molecule has 2 aliphatic heterocycles. The van der Waals surface area contributed by atoms with E-state index in [1.165, 1.54) is 0 Å². The van der Waals surface area contributed by atoms with Crippen molar-refractivity contribution in [1.82, 2.24) is 4.90 Å². The van der Waals surface area contributed by atoms with Crippen LogP contribution in [0.4, 0.5) is 11.4 Å². The van der Waals surface area contributed by atoms with Crippen LogP contribution >= 0.6 is 0 Å². The van der Waals surface area contributed by atoms with Crippen molar-refractivity contribution >= 4 is 29.1 Å². The lowest BCUT2D eigenvalue weighted by Gasteiger charge is -2.32. The second kappa shape index (κ2) is 8.92. The monoisotopic (exact) mass is 419 g/mol. The Kier molecular flexibility index (Phi) is 6.07. The number of carbonyl (C=O) groups is 3. The average Bonchev–Trinajstić information content (AvgIpc) is 3.16. The van der Waals surface area contributed by atoms with Crippen LogP contribution in [0, 0.1) is 18.8 Å². The van der Waals surface area contributed by atoms with Crippen LogP contribution in [0.2, 0.25) is 0 Å². The number of anilines is 2. The number of nitrogens with one attached hydrogen (secondary N) is 1. The molecule has 6 nitrogen and oxygen atoms in total. The molecular formula is C25H29N3O3. The van der Waals surface area contributed by atoms with Crippen molar-refractivity contribution in [3.63, 3.8) is 0 Å². The molecule has 2 aromatic rings. The molecule has 2 saturated heterocycles. The summed E-state index contributed by atoms with van der Waals surface area (Å²) in [5.41, 5.74) is 2.98. The van der Waals surface area contributed by atoms with E-state index >= 15 is 0 Å². The molecule has 6 heteroatoms. The fraction of sp³-hybridized carbons (Fsp3) is 0.400. The number of likely N-dealkylation sites (tertiary alicyclic amines) is 1. The molecule has 2 fully saturated rings. The molecule has 2 heterocycles. The molecule has 0 radical (unpaired) electrons. The topological polar surface area (TPSA) is 69.7 Å². The van der Waals surface area contributed by atoms with Gasteiger partial charge in [0.05, 0.1) is 5.92 Å². The maximum absolute atomic E-state index is 13.0. The molecule has 3 amide bonds. The van der Waals surface area contributed by atoms with E-state index in [2.05, 4.69) is 12.2 Å². The number of carbonyl (C=O) groups excluding carboxylic acids is 3. The molecule has 0 saturated carbocycles. The van der Waals surface area contributed by atoms with Crippen LogP contribution in [-0.2, 0) is 9.59 Å². The molecule has 2 aromatic carbocycles. The number of aryl methyl sites for hydroxylation is 1. The predicted octanol–water partition coefficient (Wildman–Crippen LogP) is 3.86. The highest BCUT2D eigenvalue weighted by atomic mass is 16.2. The molecule has 0 bridgehead atoms. The van der Waals surface area contributed by atoms with Crippen molar-refractivity contribution in [3.05, 3.63) is 59.7 Å². The minimum Gasteiger partial charge on any atom is -0.342 e. The summed E-state index contributed by atoms with van der Waals surface area (Å²) in [5, 5.41) is 2.89. The van der Waals surface area contributed by atoms with Crippen molar-refractivity contribution in [2.45, 2.75) is 33.1 Å². The molecule has 2 aliphatic rings. The molecule has 0 aliphatic carbocycles. The summed E-state index contributed by atoms with van der Waals surface area (Å²) in [5.74, 6) is -0.0279. The van der Waals surface area contributed by atoms with Crippen LogP contribution in [0.3, 0.4) is 0 Å². The van der Waals surface area contributed by atoms with Gasteiger partial charge in [0.25, 0.3) is 5.91 Å². The minimum absolute atomic E-state index is 0.0699. The van der Waals surface area contributed by atoms with E-state index in [0.29, 0.717) is 23.7 Å². The van der Waals surface area contributed by atoms with Crippen LogP contribution in [0.15, 0.2) is 48.5 Å². The summed E-state index contributed by atoms with van der Waals surface area (Å²) < 4.78 is 0. The van der Waals surface area contributed by atoms with Crippen LogP contribution in [0.1, 0.15) is 42.1 Å². The predicted molar refractivity (Wildman–Crippen MR) is 121 cm³/mol. The number of hydrogen-bond donors (Lipinski definition) is 1. The van der Waals surface area contributed by atoms with Crippen LogP contribution < -0.4 is 10.2 Å². The first-order valence-electron chi connectivity index (χ1n) is 11.0. The molecule has 4 rings (SSSR count). The van der Waals surface area contributed by atoms with Crippen molar-refractivity contribution in [2.75, 3.05) is 29.9 Å². The largest absolute Gasteiger partial charge is 0.342 e. The Labute approximate surface area is 183 Å². The fourth-order valence-corrected chi connectivity index (χ4v) is 4.43. The van der Waals surface area contributed by atoms with E-state index in [0.717, 1.165) is 37.2 Å². The lowest BCUT2D eigenvalue weighted by molar-refractivity contribution is -0.137. The molecule has 31 heavy (non-hydrogen) atoms. The first kappa shape index (κ1) is 21.1. The van der Waals surface area contributed by atoms with Gasteiger partial charge >= 0.3 is 0 Å². The summed E-state index contributed by atoms with van der Waals surface area (Å²) in [6, 6.07) is 14.6. The molecule has 162 valence electrons. The first-order chi connectivity index (χ1) is 14.9. The van der Waals surface area contributed by atoms with Crippen LogP contribution in [0.5, 0.6) is 0 Å². The number of piperidine rings is 1. The summed E-state index contributed by atoms with van der Waals surface area (Å²) in [7, 11) is 0. The Balaban J connectivity index is 1.44. The smallest absolute Gasteiger partial charge is 0.255 e. The van der Waals surface area contributed by atoms with Gasteiger partial charge in [-0.25, -0.2) is 0 Å². The average molecular weight is 420 g/mol. The number of nitrogens with zero attached hydrogens (tertiary/aromatic N) is 2. The standard InChI is InChI=1S/C25H29N3O3/c1-17-8-10-21(11-9-17)26-24(30)19-6-3-7-22(13-19)28-16-20(14-23(28)29)25(31)27-12-4-5-18(2)15-27/h3,6-11,13,18,20H,4-5,12,14-16H2,1-2H3,(H,26,30). The molecule has 1 N–H and O–H groups in total. The van der Waals surface area contributed by atoms with E-state index in [9.17, 15) is 14.4 Å². The van der Waals surface area contributed by atoms with Crippen LogP contribution in [0.25, 0.3) is 0 Å². The normalized spacial score (nSPS) is 21.3. The van der Waals surface area contributed by atoms with Crippen molar-refractivity contribution in [2.24, 2.45) is 11.8 Å². The third-order valence-electron chi connectivity index (χ3n) is 6.17. The zero-order valence-corrected chi connectivity index (χ0v) is 18.1.